The van der Waals surface area contributed by atoms with Crippen molar-refractivity contribution in [3.63, 3.8) is 0 Å². The van der Waals surface area contributed by atoms with E-state index in [1.807, 2.05) is 24.3 Å². The lowest BCUT2D eigenvalue weighted by Crippen LogP contribution is -2.08. The van der Waals surface area contributed by atoms with Crippen molar-refractivity contribution in [2.24, 2.45) is 0 Å². The van der Waals surface area contributed by atoms with E-state index in [2.05, 4.69) is 5.32 Å². The van der Waals surface area contributed by atoms with E-state index in [0.717, 1.165) is 23.4 Å². The number of nitrogens with one attached hydrogen (secondary N) is 1. The molecule has 4 N–H and O–H groups in total. The first kappa shape index (κ1) is 14.7. The molecular formula is C16H18N2O3. The number of anilines is 2. The first-order valence-corrected chi connectivity index (χ1v) is 6.60. The quantitative estimate of drug-likeness (QED) is 0.711. The zero-order valence-electron chi connectivity index (χ0n) is 11.8. The van der Waals surface area contributed by atoms with Crippen molar-refractivity contribution < 1.29 is 14.6 Å². The zero-order valence-corrected chi connectivity index (χ0v) is 11.8. The van der Waals surface area contributed by atoms with Gasteiger partial charge in [0.05, 0.1) is 24.0 Å². The van der Waals surface area contributed by atoms with Crippen molar-refractivity contribution >= 4 is 17.3 Å². The van der Waals surface area contributed by atoms with Gasteiger partial charge in [-0.3, -0.25) is 0 Å². The third-order valence-corrected chi connectivity index (χ3v) is 3.16. The van der Waals surface area contributed by atoms with Gasteiger partial charge in [0, 0.05) is 6.54 Å². The van der Waals surface area contributed by atoms with Gasteiger partial charge in [-0.05, 0) is 42.3 Å². The number of carboxylic acid groups (broad SMARTS) is 1. The van der Waals surface area contributed by atoms with Crippen molar-refractivity contribution in [2.75, 3.05) is 24.7 Å². The molecule has 110 valence electrons. The topological polar surface area (TPSA) is 84.6 Å². The van der Waals surface area contributed by atoms with Crippen molar-refractivity contribution in [3.05, 3.63) is 53.6 Å². The number of rotatable bonds is 6. The molecule has 21 heavy (non-hydrogen) atoms. The third-order valence-electron chi connectivity index (χ3n) is 3.16. The second kappa shape index (κ2) is 6.65. The molecule has 5 heteroatoms. The molecule has 2 rings (SSSR count). The van der Waals surface area contributed by atoms with Gasteiger partial charge < -0.3 is 20.9 Å². The molecule has 0 aromatic heterocycles. The van der Waals surface area contributed by atoms with Crippen molar-refractivity contribution in [3.8, 4) is 5.75 Å². The summed E-state index contributed by atoms with van der Waals surface area (Å²) in [6.45, 7) is 0.698. The van der Waals surface area contributed by atoms with Crippen molar-refractivity contribution in [2.45, 2.75) is 6.42 Å². The number of benzene rings is 2. The van der Waals surface area contributed by atoms with Crippen LogP contribution in [0.1, 0.15) is 15.9 Å². The van der Waals surface area contributed by atoms with Crippen LogP contribution in [0.4, 0.5) is 11.4 Å². The Balaban J connectivity index is 1.95. The summed E-state index contributed by atoms with van der Waals surface area (Å²) in [4.78, 5) is 10.8. The molecule has 2 aromatic carbocycles. The first-order valence-electron chi connectivity index (χ1n) is 6.60. The highest BCUT2D eigenvalue weighted by atomic mass is 16.5. The fraction of sp³-hybridized carbons (Fsp3) is 0.188. The number of hydrogen-bond acceptors (Lipinski definition) is 4. The Bertz CT molecular complexity index is 641. The van der Waals surface area contributed by atoms with Crippen LogP contribution in [-0.2, 0) is 6.42 Å². The summed E-state index contributed by atoms with van der Waals surface area (Å²) >= 11 is 0. The molecule has 0 aliphatic heterocycles. The number of nitrogen functional groups attached to an aromatic ring is 1. The van der Waals surface area contributed by atoms with E-state index >= 15 is 0 Å². The molecular weight excluding hydrogens is 268 g/mol. The van der Waals surface area contributed by atoms with Gasteiger partial charge >= 0.3 is 5.97 Å². The summed E-state index contributed by atoms with van der Waals surface area (Å²) in [5.74, 6) is -0.151. The fourth-order valence-corrected chi connectivity index (χ4v) is 2.03. The first-order chi connectivity index (χ1) is 10.1. The van der Waals surface area contributed by atoms with Gasteiger partial charge in [0.2, 0.25) is 0 Å². The highest BCUT2D eigenvalue weighted by Crippen LogP contribution is 2.20. The van der Waals surface area contributed by atoms with E-state index < -0.39 is 5.97 Å². The van der Waals surface area contributed by atoms with Gasteiger partial charge in [-0.1, -0.05) is 12.1 Å². The van der Waals surface area contributed by atoms with Crippen LogP contribution in [0.3, 0.4) is 0 Å². The Morgan fingerprint density at radius 1 is 1.29 bits per heavy atom. The maximum atomic E-state index is 10.8. The van der Waals surface area contributed by atoms with E-state index in [-0.39, 0.29) is 5.56 Å². The Hall–Kier alpha value is -2.69. The average Bonchev–Trinajstić information content (AvgIpc) is 2.49. The number of carboxylic acids is 1. The molecule has 0 amide bonds. The summed E-state index contributed by atoms with van der Waals surface area (Å²) in [5, 5.41) is 12.1. The van der Waals surface area contributed by atoms with Gasteiger partial charge in [0.1, 0.15) is 5.75 Å². The van der Waals surface area contributed by atoms with Crippen LogP contribution in [0.25, 0.3) is 0 Å². The average molecular weight is 286 g/mol. The Labute approximate surface area is 123 Å². The Morgan fingerprint density at radius 3 is 2.76 bits per heavy atom. The highest BCUT2D eigenvalue weighted by molar-refractivity contribution is 5.90. The number of nitrogens with two attached hydrogens (primary N) is 1. The molecule has 0 saturated carbocycles. The smallest absolute Gasteiger partial charge is 0.335 e. The molecule has 0 saturated heterocycles. The monoisotopic (exact) mass is 286 g/mol. The van der Waals surface area contributed by atoms with E-state index in [1.165, 1.54) is 12.1 Å². The van der Waals surface area contributed by atoms with Crippen LogP contribution in [0, 0.1) is 0 Å². The van der Waals surface area contributed by atoms with Gasteiger partial charge in [-0.25, -0.2) is 4.79 Å². The molecule has 0 atom stereocenters. The van der Waals surface area contributed by atoms with Gasteiger partial charge in [0.25, 0.3) is 0 Å². The van der Waals surface area contributed by atoms with Crippen LogP contribution < -0.4 is 15.8 Å². The van der Waals surface area contributed by atoms with E-state index in [9.17, 15) is 4.79 Å². The van der Waals surface area contributed by atoms with Gasteiger partial charge in [-0.2, -0.15) is 0 Å². The predicted molar refractivity (Wildman–Crippen MR) is 83.0 cm³/mol. The lowest BCUT2D eigenvalue weighted by Gasteiger charge is -2.10. The molecule has 0 radical (unpaired) electrons. The summed E-state index contributed by atoms with van der Waals surface area (Å²) in [7, 11) is 1.64. The zero-order chi connectivity index (χ0) is 15.2. The Morgan fingerprint density at radius 2 is 2.10 bits per heavy atom. The summed E-state index contributed by atoms with van der Waals surface area (Å²) < 4.78 is 5.18. The number of ether oxygens (including phenoxy) is 1. The molecule has 0 aliphatic carbocycles. The molecule has 0 unspecified atom stereocenters. The molecule has 5 nitrogen and oxygen atoms in total. The van der Waals surface area contributed by atoms with Crippen molar-refractivity contribution in [1.29, 1.82) is 0 Å². The van der Waals surface area contributed by atoms with Crippen LogP contribution >= 0.6 is 0 Å². The molecule has 0 fully saturated rings. The largest absolute Gasteiger partial charge is 0.497 e. The molecule has 2 aromatic rings. The number of hydrogen-bond donors (Lipinski definition) is 3. The lowest BCUT2D eigenvalue weighted by atomic mass is 10.1. The third kappa shape index (κ3) is 3.89. The number of aromatic carboxylic acids is 1. The summed E-state index contributed by atoms with van der Waals surface area (Å²) in [5.41, 5.74) is 8.35. The van der Waals surface area contributed by atoms with Crippen LogP contribution in [0.15, 0.2) is 42.5 Å². The van der Waals surface area contributed by atoms with Crippen LogP contribution in [-0.4, -0.2) is 24.7 Å². The maximum absolute atomic E-state index is 10.8. The SMILES string of the molecule is COc1cccc(CCNc2ccc(C(=O)O)cc2N)c1. The number of carbonyl (C=O) groups is 1. The van der Waals surface area contributed by atoms with Crippen molar-refractivity contribution in [1.82, 2.24) is 0 Å². The minimum absolute atomic E-state index is 0.186. The predicted octanol–water partition coefficient (Wildman–Crippen LogP) is 2.63. The van der Waals surface area contributed by atoms with E-state index in [4.69, 9.17) is 15.6 Å². The summed E-state index contributed by atoms with van der Waals surface area (Å²) in [6.07, 6.45) is 0.817. The van der Waals surface area contributed by atoms with Crippen LogP contribution in [0.5, 0.6) is 5.75 Å². The maximum Gasteiger partial charge on any atom is 0.335 e. The normalized spacial score (nSPS) is 10.1. The molecule has 0 bridgehead atoms. The summed E-state index contributed by atoms with van der Waals surface area (Å²) in [6, 6.07) is 12.5. The molecule has 0 heterocycles. The van der Waals surface area contributed by atoms with E-state index in [1.54, 1.807) is 13.2 Å². The highest BCUT2D eigenvalue weighted by Gasteiger charge is 2.06. The van der Waals surface area contributed by atoms with Gasteiger partial charge in [-0.15, -0.1) is 0 Å². The van der Waals surface area contributed by atoms with E-state index in [0.29, 0.717) is 12.2 Å². The minimum atomic E-state index is -0.982. The second-order valence-corrected chi connectivity index (χ2v) is 4.64. The minimum Gasteiger partial charge on any atom is -0.497 e. The fourth-order valence-electron chi connectivity index (χ4n) is 2.03. The van der Waals surface area contributed by atoms with Crippen LogP contribution in [0.2, 0.25) is 0 Å². The lowest BCUT2D eigenvalue weighted by molar-refractivity contribution is 0.0697. The second-order valence-electron chi connectivity index (χ2n) is 4.64. The number of methoxy groups -OCH3 is 1. The Kier molecular flexibility index (Phi) is 4.66. The standard InChI is InChI=1S/C16H18N2O3/c1-21-13-4-2-3-11(9-13)7-8-18-15-6-5-12(16(19)20)10-14(15)17/h2-6,9-10,18H,7-8,17H2,1H3,(H,19,20). The molecule has 0 aliphatic rings. The van der Waals surface area contributed by atoms with Gasteiger partial charge in [0.15, 0.2) is 0 Å². The molecule has 0 spiro atoms.